The Labute approximate surface area is 98.5 Å². The van der Waals surface area contributed by atoms with Gasteiger partial charge in [-0.25, -0.2) is 0 Å². The summed E-state index contributed by atoms with van der Waals surface area (Å²) in [4.78, 5) is 10.4. The van der Waals surface area contributed by atoms with E-state index in [4.69, 9.17) is 20.9 Å². The van der Waals surface area contributed by atoms with Crippen LogP contribution in [0.5, 0.6) is 11.5 Å². The number of ether oxygens (including phenoxy) is 2. The molecule has 0 amide bonds. The smallest absolute Gasteiger partial charge is 0.278 e. The van der Waals surface area contributed by atoms with E-state index in [1.54, 1.807) is 0 Å². The molecule has 0 fully saturated rings. The van der Waals surface area contributed by atoms with E-state index >= 15 is 0 Å². The summed E-state index contributed by atoms with van der Waals surface area (Å²) in [5, 5.41) is 10.9. The summed E-state index contributed by atoms with van der Waals surface area (Å²) in [6, 6.07) is 2.15. The molecule has 4 N–H and O–H groups in total. The zero-order chi connectivity index (χ0) is 13.0. The lowest BCUT2D eigenvalue weighted by molar-refractivity contribution is -0.385. The number of rotatable bonds is 5. The summed E-state index contributed by atoms with van der Waals surface area (Å²) in [6.45, 7) is 0.107. The van der Waals surface area contributed by atoms with Gasteiger partial charge in [-0.05, 0) is 6.07 Å². The van der Waals surface area contributed by atoms with Crippen LogP contribution in [-0.2, 0) is 0 Å². The van der Waals surface area contributed by atoms with Gasteiger partial charge in [-0.3, -0.25) is 10.1 Å². The highest BCUT2D eigenvalue weighted by molar-refractivity contribution is 5.55. The van der Waals surface area contributed by atoms with Gasteiger partial charge in [-0.1, -0.05) is 0 Å². The highest BCUT2D eigenvalue weighted by Crippen LogP contribution is 2.36. The van der Waals surface area contributed by atoms with Gasteiger partial charge in [0.05, 0.1) is 30.8 Å². The number of nitrogens with zero attached hydrogens (tertiary/aromatic N) is 1. The summed E-state index contributed by atoms with van der Waals surface area (Å²) < 4.78 is 10.1. The Morgan fingerprint density at radius 1 is 1.35 bits per heavy atom. The van der Waals surface area contributed by atoms with Crippen LogP contribution in [0.2, 0.25) is 0 Å². The molecule has 0 spiro atoms. The Morgan fingerprint density at radius 3 is 2.29 bits per heavy atom. The number of hydrogen-bond donors (Lipinski definition) is 2. The average molecular weight is 241 g/mol. The summed E-state index contributed by atoms with van der Waals surface area (Å²) in [7, 11) is 2.85. The maximum Gasteiger partial charge on any atom is 0.278 e. The Bertz CT molecular complexity index is 422. The van der Waals surface area contributed by atoms with Gasteiger partial charge in [0, 0.05) is 12.6 Å². The summed E-state index contributed by atoms with van der Waals surface area (Å²) in [5.41, 5.74) is 11.3. The molecule has 0 aliphatic heterocycles. The second-order valence-corrected chi connectivity index (χ2v) is 3.37. The third-order valence-corrected chi connectivity index (χ3v) is 2.38. The van der Waals surface area contributed by atoms with Crippen LogP contribution in [0.1, 0.15) is 11.6 Å². The van der Waals surface area contributed by atoms with Crippen LogP contribution in [-0.4, -0.2) is 25.7 Å². The molecule has 0 unspecified atom stereocenters. The lowest BCUT2D eigenvalue weighted by Crippen LogP contribution is -2.21. The molecule has 7 heteroatoms. The van der Waals surface area contributed by atoms with Crippen LogP contribution < -0.4 is 20.9 Å². The van der Waals surface area contributed by atoms with Crippen molar-refractivity contribution >= 4 is 5.69 Å². The van der Waals surface area contributed by atoms with E-state index in [0.29, 0.717) is 11.3 Å². The van der Waals surface area contributed by atoms with Gasteiger partial charge in [0.2, 0.25) is 0 Å². The summed E-state index contributed by atoms with van der Waals surface area (Å²) >= 11 is 0. The van der Waals surface area contributed by atoms with Crippen molar-refractivity contribution in [2.75, 3.05) is 20.8 Å². The normalized spacial score (nSPS) is 12.0. The number of benzene rings is 1. The van der Waals surface area contributed by atoms with Crippen molar-refractivity contribution in [3.63, 3.8) is 0 Å². The van der Waals surface area contributed by atoms with Crippen LogP contribution in [0, 0.1) is 10.1 Å². The van der Waals surface area contributed by atoms with Gasteiger partial charge >= 0.3 is 0 Å². The molecular weight excluding hydrogens is 226 g/mol. The van der Waals surface area contributed by atoms with Crippen molar-refractivity contribution < 1.29 is 14.4 Å². The Morgan fingerprint density at radius 2 is 1.88 bits per heavy atom. The number of methoxy groups -OCH3 is 2. The second-order valence-electron chi connectivity index (χ2n) is 3.37. The molecule has 17 heavy (non-hydrogen) atoms. The molecule has 94 valence electrons. The van der Waals surface area contributed by atoms with Crippen LogP contribution in [0.15, 0.2) is 12.1 Å². The lowest BCUT2D eigenvalue weighted by atomic mass is 10.0. The Hall–Kier alpha value is -1.86. The van der Waals surface area contributed by atoms with Crippen molar-refractivity contribution in [1.29, 1.82) is 0 Å². The van der Waals surface area contributed by atoms with Crippen molar-refractivity contribution in [3.8, 4) is 11.5 Å². The molecule has 1 aromatic carbocycles. The SMILES string of the molecule is COc1cc([C@@H](N)CN)c([N+](=O)[O-])cc1OC. The fourth-order valence-corrected chi connectivity index (χ4v) is 1.47. The van der Waals surface area contributed by atoms with Crippen molar-refractivity contribution in [2.45, 2.75) is 6.04 Å². The lowest BCUT2D eigenvalue weighted by Gasteiger charge is -2.13. The molecular formula is C10H15N3O4. The zero-order valence-corrected chi connectivity index (χ0v) is 9.67. The van der Waals surface area contributed by atoms with E-state index in [1.165, 1.54) is 26.4 Å². The highest BCUT2D eigenvalue weighted by atomic mass is 16.6. The minimum atomic E-state index is -0.616. The average Bonchev–Trinajstić information content (AvgIpc) is 2.35. The van der Waals surface area contributed by atoms with Gasteiger partial charge in [0.1, 0.15) is 0 Å². The third-order valence-electron chi connectivity index (χ3n) is 2.38. The molecule has 0 bridgehead atoms. The molecule has 0 heterocycles. The number of hydrogen-bond acceptors (Lipinski definition) is 6. The molecule has 1 atom stereocenters. The Balaban J connectivity index is 3.40. The summed E-state index contributed by atoms with van der Waals surface area (Å²) in [5.74, 6) is 0.671. The van der Waals surface area contributed by atoms with Gasteiger partial charge in [0.15, 0.2) is 11.5 Å². The fraction of sp³-hybridized carbons (Fsp3) is 0.400. The monoisotopic (exact) mass is 241 g/mol. The van der Waals surface area contributed by atoms with E-state index in [1.807, 2.05) is 0 Å². The van der Waals surface area contributed by atoms with Gasteiger partial charge in [-0.2, -0.15) is 0 Å². The van der Waals surface area contributed by atoms with Crippen LogP contribution in [0.25, 0.3) is 0 Å². The number of nitrogens with two attached hydrogens (primary N) is 2. The standard InChI is InChI=1S/C10H15N3O4/c1-16-9-3-6(7(12)5-11)8(13(14)15)4-10(9)17-2/h3-4,7H,5,11-12H2,1-2H3/t7-/m0/s1. The van der Waals surface area contributed by atoms with E-state index in [0.717, 1.165) is 0 Å². The molecule has 0 aliphatic carbocycles. The molecule has 0 aliphatic rings. The zero-order valence-electron chi connectivity index (χ0n) is 9.67. The highest BCUT2D eigenvalue weighted by Gasteiger charge is 2.22. The third kappa shape index (κ3) is 2.63. The molecule has 7 nitrogen and oxygen atoms in total. The summed E-state index contributed by atoms with van der Waals surface area (Å²) in [6.07, 6.45) is 0. The van der Waals surface area contributed by atoms with Crippen molar-refractivity contribution in [1.82, 2.24) is 0 Å². The minimum absolute atomic E-state index is 0.107. The Kier molecular flexibility index (Phi) is 4.24. The molecule has 0 radical (unpaired) electrons. The van der Waals surface area contributed by atoms with Crippen molar-refractivity contribution in [3.05, 3.63) is 27.8 Å². The fourth-order valence-electron chi connectivity index (χ4n) is 1.47. The van der Waals surface area contributed by atoms with Crippen LogP contribution in [0.4, 0.5) is 5.69 Å². The molecule has 1 aromatic rings. The van der Waals surface area contributed by atoms with E-state index < -0.39 is 11.0 Å². The predicted molar refractivity (Wildman–Crippen MR) is 62.2 cm³/mol. The van der Waals surface area contributed by atoms with Gasteiger partial charge in [0.25, 0.3) is 5.69 Å². The maximum atomic E-state index is 10.9. The van der Waals surface area contributed by atoms with E-state index in [2.05, 4.69) is 0 Å². The van der Waals surface area contributed by atoms with Crippen LogP contribution in [0.3, 0.4) is 0 Å². The first kappa shape index (κ1) is 13.2. The minimum Gasteiger partial charge on any atom is -0.493 e. The molecule has 0 aromatic heterocycles. The topological polar surface area (TPSA) is 114 Å². The molecule has 0 saturated heterocycles. The van der Waals surface area contributed by atoms with E-state index in [9.17, 15) is 10.1 Å². The second kappa shape index (κ2) is 5.46. The first-order valence-corrected chi connectivity index (χ1v) is 4.91. The predicted octanol–water partition coefficient (Wildman–Crippen LogP) is 0.571. The van der Waals surface area contributed by atoms with Crippen LogP contribution >= 0.6 is 0 Å². The maximum absolute atomic E-state index is 10.9. The van der Waals surface area contributed by atoms with Crippen molar-refractivity contribution in [2.24, 2.45) is 11.5 Å². The molecule has 0 saturated carbocycles. The largest absolute Gasteiger partial charge is 0.493 e. The van der Waals surface area contributed by atoms with Gasteiger partial charge < -0.3 is 20.9 Å². The first-order chi connectivity index (χ1) is 8.04. The number of nitro groups is 1. The quantitative estimate of drug-likeness (QED) is 0.575. The molecule has 1 rings (SSSR count). The van der Waals surface area contributed by atoms with Gasteiger partial charge in [-0.15, -0.1) is 0 Å². The van der Waals surface area contributed by atoms with E-state index in [-0.39, 0.29) is 18.0 Å². The number of nitro benzene ring substituents is 1. The first-order valence-electron chi connectivity index (χ1n) is 4.91.